The highest BCUT2D eigenvalue weighted by atomic mass is 35.5. The Kier molecular flexibility index (Phi) is 12.5. The van der Waals surface area contributed by atoms with Crippen molar-refractivity contribution in [2.24, 2.45) is 5.92 Å². The Bertz CT molecular complexity index is 1430. The molecule has 0 saturated carbocycles. The third-order valence-electron chi connectivity index (χ3n) is 8.19. The van der Waals surface area contributed by atoms with Crippen molar-refractivity contribution in [1.29, 1.82) is 0 Å². The fraction of sp³-hybridized carbons (Fsp3) is 0.742. The quantitative estimate of drug-likeness (QED) is 0.141. The fourth-order valence-electron chi connectivity index (χ4n) is 5.58. The van der Waals surface area contributed by atoms with Gasteiger partial charge in [0.2, 0.25) is 17.5 Å². The number of nitrogens with zero attached hydrogens (tertiary/aromatic N) is 4. The van der Waals surface area contributed by atoms with Gasteiger partial charge in [-0.05, 0) is 22.2 Å². The predicted molar refractivity (Wildman–Crippen MR) is 189 cm³/mol. The van der Waals surface area contributed by atoms with Gasteiger partial charge in [0.1, 0.15) is 25.8 Å². The molecule has 1 aliphatic heterocycles. The number of imidazole rings is 1. The van der Waals surface area contributed by atoms with Crippen molar-refractivity contribution < 1.29 is 27.6 Å². The van der Waals surface area contributed by atoms with E-state index in [1.54, 1.807) is 13.8 Å². The van der Waals surface area contributed by atoms with E-state index in [1.165, 1.54) is 10.9 Å². The molecule has 0 aromatic carbocycles. The minimum atomic E-state index is -3.22. The van der Waals surface area contributed by atoms with Gasteiger partial charge in [-0.3, -0.25) is 14.7 Å². The van der Waals surface area contributed by atoms with Crippen LogP contribution in [0, 0.1) is 17.4 Å². The fourth-order valence-corrected chi connectivity index (χ4v) is 11.7. The van der Waals surface area contributed by atoms with Crippen molar-refractivity contribution in [3.63, 3.8) is 0 Å². The molecular weight excluding hydrogens is 661 g/mol. The van der Waals surface area contributed by atoms with Crippen LogP contribution < -0.4 is 5.32 Å². The lowest BCUT2D eigenvalue weighted by Crippen LogP contribution is -2.51. The molecule has 2 aromatic heterocycles. The summed E-state index contributed by atoms with van der Waals surface area (Å²) in [6, 6.07) is 0. The molecule has 0 spiro atoms. The highest BCUT2D eigenvalue weighted by Gasteiger charge is 2.61. The number of nitrogens with one attached hydrogen (secondary N) is 1. The van der Waals surface area contributed by atoms with Crippen molar-refractivity contribution >= 4 is 60.3 Å². The van der Waals surface area contributed by atoms with E-state index in [-0.39, 0.29) is 62.9 Å². The second kappa shape index (κ2) is 14.8. The SMILES string of the molecule is CC(C)C(=O)Nc1nc(Cl)c2ncn([C@@H]3O[C@H](CO[Si](O)(C(C)C)C(C)C)C(O[SiH](C(C)C)C(C)C)[C@]3(F)C#C[Si](C)(C)C)c2n1. The van der Waals surface area contributed by atoms with Gasteiger partial charge in [0, 0.05) is 5.92 Å². The molecule has 3 heterocycles. The van der Waals surface area contributed by atoms with Crippen molar-refractivity contribution in [2.45, 2.75) is 135 Å². The van der Waals surface area contributed by atoms with Crippen LogP contribution in [0.25, 0.3) is 11.2 Å². The number of hydrogen-bond acceptors (Lipinski definition) is 8. The van der Waals surface area contributed by atoms with Gasteiger partial charge in [0.15, 0.2) is 26.1 Å². The molecule has 2 N–H and O–H groups in total. The summed E-state index contributed by atoms with van der Waals surface area (Å²) in [5.74, 6) is 2.35. The van der Waals surface area contributed by atoms with Crippen LogP contribution in [0.15, 0.2) is 6.33 Å². The van der Waals surface area contributed by atoms with Gasteiger partial charge < -0.3 is 18.4 Å². The maximum absolute atomic E-state index is 18.2. The van der Waals surface area contributed by atoms with E-state index in [4.69, 9.17) is 25.2 Å². The Hall–Kier alpha value is -1.71. The lowest BCUT2D eigenvalue weighted by molar-refractivity contribution is -0.118. The lowest BCUT2D eigenvalue weighted by atomic mass is 9.97. The average Bonchev–Trinajstić information content (AvgIpc) is 3.46. The number of hydrogen-bond donors (Lipinski definition) is 2. The van der Waals surface area contributed by atoms with Crippen LogP contribution in [0.4, 0.5) is 10.3 Å². The third kappa shape index (κ3) is 8.47. The summed E-state index contributed by atoms with van der Waals surface area (Å²) in [7, 11) is -7.34. The first-order valence-electron chi connectivity index (χ1n) is 16.2. The number of ether oxygens (including phenoxy) is 1. The molecule has 0 radical (unpaired) electrons. The van der Waals surface area contributed by atoms with Gasteiger partial charge in [-0.2, -0.15) is 9.97 Å². The summed E-state index contributed by atoms with van der Waals surface area (Å²) in [6.45, 7) is 25.7. The molecule has 0 bridgehead atoms. The van der Waals surface area contributed by atoms with Crippen molar-refractivity contribution in [3.05, 3.63) is 11.5 Å². The first-order valence-corrected chi connectivity index (χ1v) is 23.9. The van der Waals surface area contributed by atoms with Crippen molar-refractivity contribution in [2.75, 3.05) is 11.9 Å². The summed E-state index contributed by atoms with van der Waals surface area (Å²) in [5, 5.41) is 2.67. The number of halogens is 2. The van der Waals surface area contributed by atoms with E-state index < -0.39 is 49.8 Å². The molecule has 258 valence electrons. The molecule has 1 saturated heterocycles. The van der Waals surface area contributed by atoms with Crippen LogP contribution in [0.3, 0.4) is 0 Å². The molecular formula is C31H53ClFN5O5Si3. The van der Waals surface area contributed by atoms with Gasteiger partial charge in [0.05, 0.1) is 12.9 Å². The zero-order valence-electron chi connectivity index (χ0n) is 29.6. The zero-order chi connectivity index (χ0) is 34.9. The van der Waals surface area contributed by atoms with Crippen molar-refractivity contribution in [3.8, 4) is 11.5 Å². The van der Waals surface area contributed by atoms with E-state index in [9.17, 15) is 9.59 Å². The van der Waals surface area contributed by atoms with Crippen LogP contribution in [0.1, 0.15) is 75.5 Å². The van der Waals surface area contributed by atoms with E-state index in [1.807, 2.05) is 47.3 Å². The molecule has 4 atom stereocenters. The van der Waals surface area contributed by atoms with Gasteiger partial charge >= 0.3 is 8.56 Å². The Morgan fingerprint density at radius 1 is 1.13 bits per heavy atom. The topological polar surface area (TPSA) is 121 Å². The minimum Gasteiger partial charge on any atom is -0.410 e. The molecule has 15 heteroatoms. The molecule has 10 nitrogen and oxygen atoms in total. The van der Waals surface area contributed by atoms with Gasteiger partial charge in [-0.1, -0.05) is 106 Å². The predicted octanol–water partition coefficient (Wildman–Crippen LogP) is 6.76. The van der Waals surface area contributed by atoms with Gasteiger partial charge in [-0.25, -0.2) is 9.37 Å². The van der Waals surface area contributed by atoms with E-state index in [2.05, 4.69) is 59.4 Å². The summed E-state index contributed by atoms with van der Waals surface area (Å²) in [4.78, 5) is 37.2. The van der Waals surface area contributed by atoms with Gasteiger partial charge in [0.25, 0.3) is 0 Å². The van der Waals surface area contributed by atoms with E-state index in [0.717, 1.165) is 0 Å². The largest absolute Gasteiger partial charge is 0.410 e. The van der Waals surface area contributed by atoms with Crippen molar-refractivity contribution in [1.82, 2.24) is 19.5 Å². The molecule has 1 unspecified atom stereocenters. The number of rotatable bonds is 12. The molecule has 0 aliphatic carbocycles. The second-order valence-corrected chi connectivity index (χ2v) is 28.1. The normalized spacial score (nSPS) is 22.6. The Morgan fingerprint density at radius 3 is 2.22 bits per heavy atom. The zero-order valence-corrected chi connectivity index (χ0v) is 33.5. The molecule has 1 aliphatic rings. The van der Waals surface area contributed by atoms with Crippen LogP contribution in [0.2, 0.25) is 47.0 Å². The van der Waals surface area contributed by atoms with Crippen LogP contribution in [0.5, 0.6) is 0 Å². The first kappa shape index (κ1) is 38.7. The number of alkyl halides is 1. The highest BCUT2D eigenvalue weighted by molar-refractivity contribution is 6.83. The smallest absolute Gasteiger partial charge is 0.340 e. The number of amides is 1. The molecule has 1 amide bonds. The number of anilines is 1. The minimum absolute atomic E-state index is 0.00291. The lowest BCUT2D eigenvalue weighted by Gasteiger charge is -2.36. The number of carbonyl (C=O) groups excluding carboxylic acids is 1. The summed E-state index contributed by atoms with van der Waals surface area (Å²) < 4.78 is 39.4. The Balaban J connectivity index is 2.24. The van der Waals surface area contributed by atoms with Gasteiger partial charge in [-0.15, -0.1) is 5.54 Å². The third-order valence-corrected chi connectivity index (χ3v) is 16.5. The molecule has 2 aromatic rings. The average molecular weight is 715 g/mol. The monoisotopic (exact) mass is 713 g/mol. The van der Waals surface area contributed by atoms with Crippen LogP contribution in [-0.2, 0) is 18.4 Å². The first-order chi connectivity index (χ1) is 21.1. The van der Waals surface area contributed by atoms with Crippen LogP contribution in [-0.4, -0.2) is 80.4 Å². The number of aromatic nitrogens is 4. The maximum Gasteiger partial charge on any atom is 0.340 e. The molecule has 46 heavy (non-hydrogen) atoms. The Labute approximate surface area is 282 Å². The van der Waals surface area contributed by atoms with E-state index >= 15 is 4.39 Å². The summed E-state index contributed by atoms with van der Waals surface area (Å²) in [6.07, 6.45) is -1.96. The molecule has 1 fully saturated rings. The number of fused-ring (bicyclic) bond motifs is 1. The molecule has 3 rings (SSSR count). The van der Waals surface area contributed by atoms with E-state index in [0.29, 0.717) is 0 Å². The summed E-state index contributed by atoms with van der Waals surface area (Å²) in [5.41, 5.74) is 1.51. The summed E-state index contributed by atoms with van der Waals surface area (Å²) >= 11 is 6.49. The standard InChI is InChI=1S/C31H53ClFN5O5Si3/c1-18(2)28(39)37-30-35-26(32)24-27(36-30)38(17-34-24)29-31(33,14-15-45(11,12)13)25(43-44(19(3)4)20(5)6)23(42-29)16-41-46(40,21(7)8)22(9)10/h17-23,25,29,40,44H,16H2,1-13H3,(H,35,36,37,39)/t23-,25?,29-,31-/m1/s1. The second-order valence-electron chi connectivity index (χ2n) is 15.0. The maximum atomic E-state index is 18.2. The number of carbonyl (C=O) groups is 1. The highest BCUT2D eigenvalue weighted by Crippen LogP contribution is 2.46. The van der Waals surface area contributed by atoms with Crippen LogP contribution >= 0.6 is 11.6 Å². The Morgan fingerprint density at radius 2 is 1.72 bits per heavy atom.